The van der Waals surface area contributed by atoms with E-state index in [9.17, 15) is 4.79 Å². The summed E-state index contributed by atoms with van der Waals surface area (Å²) in [6.45, 7) is 7.55. The van der Waals surface area contributed by atoms with E-state index < -0.39 is 0 Å². The third-order valence-electron chi connectivity index (χ3n) is 1.94. The molecule has 0 saturated carbocycles. The number of nitrogens with zero attached hydrogens (tertiary/aromatic N) is 1. The highest BCUT2D eigenvalue weighted by atomic mass is 16.1. The molecule has 1 aromatic heterocycles. The van der Waals surface area contributed by atoms with Gasteiger partial charge in [-0.3, -0.25) is 9.78 Å². The molecule has 0 aliphatic rings. The summed E-state index contributed by atoms with van der Waals surface area (Å²) in [5.41, 5.74) is 0.986. The van der Waals surface area contributed by atoms with Crippen LogP contribution in [0.3, 0.4) is 0 Å². The van der Waals surface area contributed by atoms with Crippen LogP contribution in [0.5, 0.6) is 0 Å². The summed E-state index contributed by atoms with van der Waals surface area (Å²) in [5, 5.41) is 0. The summed E-state index contributed by atoms with van der Waals surface area (Å²) in [6.07, 6.45) is 2.50. The molecule has 0 aromatic carbocycles. The molecule has 0 N–H and O–H groups in total. The second kappa shape index (κ2) is 7.25. The number of aromatic nitrogens is 1. The molecule has 0 saturated heterocycles. The molecule has 1 aromatic rings. The smallest absolute Gasteiger partial charge is 0.133 e. The summed E-state index contributed by atoms with van der Waals surface area (Å²) in [7, 11) is 0. The van der Waals surface area contributed by atoms with Crippen molar-refractivity contribution in [3.63, 3.8) is 0 Å². The third kappa shape index (κ3) is 4.75. The van der Waals surface area contributed by atoms with Crippen molar-refractivity contribution in [3.05, 3.63) is 30.1 Å². The fourth-order valence-electron chi connectivity index (χ4n) is 0.976. The predicted molar refractivity (Wildman–Crippen MR) is 59.1 cm³/mol. The van der Waals surface area contributed by atoms with E-state index in [0.29, 0.717) is 0 Å². The van der Waals surface area contributed by atoms with Crippen LogP contribution in [0.4, 0.5) is 0 Å². The van der Waals surface area contributed by atoms with E-state index in [1.807, 2.05) is 39.0 Å². The number of rotatable bonds is 3. The van der Waals surface area contributed by atoms with Crippen molar-refractivity contribution in [2.24, 2.45) is 5.92 Å². The van der Waals surface area contributed by atoms with E-state index in [-0.39, 0.29) is 11.7 Å². The van der Waals surface area contributed by atoms with Crippen molar-refractivity contribution in [1.82, 2.24) is 4.98 Å². The maximum Gasteiger partial charge on any atom is 0.133 e. The lowest BCUT2D eigenvalue weighted by Crippen LogP contribution is -2.10. The summed E-state index contributed by atoms with van der Waals surface area (Å²) >= 11 is 0. The minimum absolute atomic E-state index is 0.0832. The second-order valence-corrected chi connectivity index (χ2v) is 3.04. The Hall–Kier alpha value is -1.18. The predicted octanol–water partition coefficient (Wildman–Crippen LogP) is 2.88. The molecule has 14 heavy (non-hydrogen) atoms. The maximum atomic E-state index is 10.9. The van der Waals surface area contributed by atoms with Crippen LogP contribution < -0.4 is 0 Å². The Morgan fingerprint density at radius 3 is 2.50 bits per heavy atom. The molecule has 0 fully saturated rings. The molecule has 2 heteroatoms. The van der Waals surface area contributed by atoms with Crippen LogP contribution in [0.25, 0.3) is 0 Å². The number of ketones is 1. The van der Waals surface area contributed by atoms with Gasteiger partial charge in [0.25, 0.3) is 0 Å². The van der Waals surface area contributed by atoms with Crippen LogP contribution in [-0.2, 0) is 11.2 Å². The van der Waals surface area contributed by atoms with E-state index in [0.717, 1.165) is 12.1 Å². The van der Waals surface area contributed by atoms with Crippen LogP contribution in [0.15, 0.2) is 24.4 Å². The van der Waals surface area contributed by atoms with Crippen LogP contribution in [0, 0.1) is 5.92 Å². The first kappa shape index (κ1) is 12.8. The first-order valence-electron chi connectivity index (χ1n) is 5.10. The summed E-state index contributed by atoms with van der Waals surface area (Å²) in [5.74, 6) is 0.306. The molecule has 1 heterocycles. The average molecular weight is 193 g/mol. The van der Waals surface area contributed by atoms with Gasteiger partial charge in [-0.25, -0.2) is 0 Å². The molecule has 1 unspecified atom stereocenters. The number of pyridine rings is 1. The molecule has 0 spiro atoms. The highest BCUT2D eigenvalue weighted by Gasteiger charge is 2.08. The van der Waals surface area contributed by atoms with Crippen LogP contribution in [0.1, 0.15) is 33.4 Å². The van der Waals surface area contributed by atoms with Crippen LogP contribution in [-0.4, -0.2) is 10.8 Å². The molecule has 0 radical (unpaired) electrons. The SMILES string of the molecule is CC.CC(=O)C(C)Cc1ccccn1. The van der Waals surface area contributed by atoms with Crippen molar-refractivity contribution >= 4 is 5.78 Å². The monoisotopic (exact) mass is 193 g/mol. The molecular formula is C12H19NO. The van der Waals surface area contributed by atoms with Gasteiger partial charge < -0.3 is 0 Å². The van der Waals surface area contributed by atoms with Crippen LogP contribution >= 0.6 is 0 Å². The van der Waals surface area contributed by atoms with Crippen molar-refractivity contribution in [3.8, 4) is 0 Å². The maximum absolute atomic E-state index is 10.9. The molecule has 1 atom stereocenters. The number of hydrogen-bond donors (Lipinski definition) is 0. The van der Waals surface area contributed by atoms with Gasteiger partial charge in [0, 0.05) is 17.8 Å². The molecule has 0 amide bonds. The van der Waals surface area contributed by atoms with Gasteiger partial charge in [0.15, 0.2) is 0 Å². The Labute approximate surface area is 86.4 Å². The van der Waals surface area contributed by atoms with Gasteiger partial charge in [-0.15, -0.1) is 0 Å². The Kier molecular flexibility index (Phi) is 6.63. The first-order chi connectivity index (χ1) is 6.70. The Balaban J connectivity index is 0.000000791. The summed E-state index contributed by atoms with van der Waals surface area (Å²) in [4.78, 5) is 15.1. The minimum atomic E-state index is 0.0832. The fourth-order valence-corrected chi connectivity index (χ4v) is 0.976. The molecule has 0 aliphatic carbocycles. The van der Waals surface area contributed by atoms with E-state index in [2.05, 4.69) is 4.98 Å². The highest BCUT2D eigenvalue weighted by molar-refractivity contribution is 5.78. The third-order valence-corrected chi connectivity index (χ3v) is 1.94. The Bertz CT molecular complexity index is 256. The second-order valence-electron chi connectivity index (χ2n) is 3.04. The Morgan fingerprint density at radius 2 is 2.07 bits per heavy atom. The molecular weight excluding hydrogens is 174 g/mol. The van der Waals surface area contributed by atoms with Crippen molar-refractivity contribution in [1.29, 1.82) is 0 Å². The number of carbonyl (C=O) groups is 1. The minimum Gasteiger partial charge on any atom is -0.300 e. The van der Waals surface area contributed by atoms with Gasteiger partial charge in [-0.2, -0.15) is 0 Å². The van der Waals surface area contributed by atoms with Gasteiger partial charge in [0.1, 0.15) is 5.78 Å². The lowest BCUT2D eigenvalue weighted by atomic mass is 10.0. The van der Waals surface area contributed by atoms with Gasteiger partial charge in [0.05, 0.1) is 0 Å². The van der Waals surface area contributed by atoms with Crippen molar-refractivity contribution in [2.75, 3.05) is 0 Å². The van der Waals surface area contributed by atoms with Crippen LogP contribution in [0.2, 0.25) is 0 Å². The molecule has 1 rings (SSSR count). The highest BCUT2D eigenvalue weighted by Crippen LogP contribution is 2.05. The lowest BCUT2D eigenvalue weighted by molar-refractivity contribution is -0.120. The molecule has 0 aliphatic heterocycles. The van der Waals surface area contributed by atoms with E-state index in [1.54, 1.807) is 13.1 Å². The van der Waals surface area contributed by atoms with Gasteiger partial charge in [-0.1, -0.05) is 26.8 Å². The van der Waals surface area contributed by atoms with E-state index >= 15 is 0 Å². The molecule has 78 valence electrons. The van der Waals surface area contributed by atoms with Gasteiger partial charge in [-0.05, 0) is 25.5 Å². The zero-order valence-corrected chi connectivity index (χ0v) is 9.45. The number of Topliss-reactive ketones (excluding diaryl/α,β-unsaturated/α-hetero) is 1. The van der Waals surface area contributed by atoms with Gasteiger partial charge >= 0.3 is 0 Å². The zero-order valence-electron chi connectivity index (χ0n) is 9.45. The number of hydrogen-bond acceptors (Lipinski definition) is 2. The van der Waals surface area contributed by atoms with Crippen molar-refractivity contribution in [2.45, 2.75) is 34.1 Å². The number of carbonyl (C=O) groups excluding carboxylic acids is 1. The molecule has 0 bridgehead atoms. The summed E-state index contributed by atoms with van der Waals surface area (Å²) in [6, 6.07) is 5.76. The first-order valence-corrected chi connectivity index (χ1v) is 5.10. The van der Waals surface area contributed by atoms with Crippen molar-refractivity contribution < 1.29 is 4.79 Å². The lowest BCUT2D eigenvalue weighted by Gasteiger charge is -2.05. The van der Waals surface area contributed by atoms with E-state index in [1.165, 1.54) is 0 Å². The summed E-state index contributed by atoms with van der Waals surface area (Å²) < 4.78 is 0. The van der Waals surface area contributed by atoms with E-state index in [4.69, 9.17) is 0 Å². The standard InChI is InChI=1S/C10H13NO.C2H6/c1-8(9(2)12)7-10-5-3-4-6-11-10;1-2/h3-6,8H,7H2,1-2H3;1-2H3. The normalized spacial score (nSPS) is 11.1. The fraction of sp³-hybridized carbons (Fsp3) is 0.500. The topological polar surface area (TPSA) is 30.0 Å². The average Bonchev–Trinajstić information content (AvgIpc) is 2.22. The quantitative estimate of drug-likeness (QED) is 0.738. The Morgan fingerprint density at radius 1 is 1.43 bits per heavy atom. The molecule has 2 nitrogen and oxygen atoms in total. The largest absolute Gasteiger partial charge is 0.300 e. The zero-order chi connectivity index (χ0) is 11.0. The van der Waals surface area contributed by atoms with Gasteiger partial charge in [0.2, 0.25) is 0 Å².